The molecule has 9 heteroatoms. The minimum atomic E-state index is 0. The number of amides is 1. The number of aryl methyl sites for hydroxylation is 1. The van der Waals surface area contributed by atoms with Crippen LogP contribution in [0.4, 0.5) is 5.69 Å². The van der Waals surface area contributed by atoms with Crippen molar-refractivity contribution in [2.24, 2.45) is 12.0 Å². The van der Waals surface area contributed by atoms with E-state index >= 15 is 0 Å². The average Bonchev–Trinajstić information content (AvgIpc) is 3.19. The van der Waals surface area contributed by atoms with Crippen LogP contribution in [0.15, 0.2) is 47.7 Å². The zero-order valence-electron chi connectivity index (χ0n) is 18.4. The highest BCUT2D eigenvalue weighted by atomic mass is 127. The van der Waals surface area contributed by atoms with E-state index in [2.05, 4.69) is 22.5 Å². The number of nitrogens with zero attached hydrogens (tertiary/aromatic N) is 5. The topological polar surface area (TPSA) is 75.0 Å². The second-order valence-electron chi connectivity index (χ2n) is 7.32. The van der Waals surface area contributed by atoms with Gasteiger partial charge in [0.15, 0.2) is 5.96 Å². The fourth-order valence-corrected chi connectivity index (χ4v) is 3.37. The van der Waals surface area contributed by atoms with Gasteiger partial charge in [-0.25, -0.2) is 0 Å². The summed E-state index contributed by atoms with van der Waals surface area (Å²) in [5.74, 6) is 0.871. The maximum atomic E-state index is 12.6. The van der Waals surface area contributed by atoms with Crippen molar-refractivity contribution in [1.82, 2.24) is 20.0 Å². The van der Waals surface area contributed by atoms with Gasteiger partial charge in [0.05, 0.1) is 18.5 Å². The van der Waals surface area contributed by atoms with Gasteiger partial charge in [-0.05, 0) is 25.3 Å². The van der Waals surface area contributed by atoms with Crippen molar-refractivity contribution in [3.8, 4) is 0 Å². The van der Waals surface area contributed by atoms with Gasteiger partial charge in [0.25, 0.3) is 0 Å². The van der Waals surface area contributed by atoms with Crippen molar-refractivity contribution in [3.63, 3.8) is 0 Å². The largest absolute Gasteiger partial charge is 0.377 e. The van der Waals surface area contributed by atoms with E-state index < -0.39 is 0 Å². The second kappa shape index (κ2) is 13.3. The molecule has 170 valence electrons. The smallest absolute Gasteiger partial charge is 0.246 e. The van der Waals surface area contributed by atoms with Crippen LogP contribution in [-0.4, -0.2) is 65.9 Å². The van der Waals surface area contributed by atoms with Crippen molar-refractivity contribution in [3.05, 3.63) is 48.3 Å². The van der Waals surface area contributed by atoms with E-state index in [1.165, 1.54) is 5.56 Å². The maximum Gasteiger partial charge on any atom is 0.246 e. The first kappa shape index (κ1) is 25.1. The first-order valence-corrected chi connectivity index (χ1v) is 10.6. The Balaban J connectivity index is 0.00000341. The number of anilines is 1. The molecular formula is C22H33IN6O2. The maximum absolute atomic E-state index is 12.6. The Bertz CT molecular complexity index is 826. The highest BCUT2D eigenvalue weighted by molar-refractivity contribution is 14.0. The van der Waals surface area contributed by atoms with Gasteiger partial charge in [0.2, 0.25) is 5.91 Å². The van der Waals surface area contributed by atoms with Gasteiger partial charge in [-0.2, -0.15) is 5.10 Å². The molecule has 1 aliphatic heterocycles. The number of rotatable bonds is 9. The Morgan fingerprint density at radius 3 is 2.71 bits per heavy atom. The number of unbranched alkanes of at least 4 members (excludes halogenated alkanes) is 1. The summed E-state index contributed by atoms with van der Waals surface area (Å²) < 4.78 is 7.44. The predicted octanol–water partition coefficient (Wildman–Crippen LogP) is 2.65. The number of nitrogens with one attached hydrogen (secondary N) is 1. The molecule has 8 nitrogen and oxygen atoms in total. The normalized spacial score (nSPS) is 14.5. The zero-order chi connectivity index (χ0) is 21.2. The van der Waals surface area contributed by atoms with Crippen molar-refractivity contribution in [2.75, 3.05) is 44.2 Å². The van der Waals surface area contributed by atoms with E-state index in [0.29, 0.717) is 26.2 Å². The number of ether oxygens (including phenoxy) is 1. The van der Waals surface area contributed by atoms with Crippen LogP contribution in [0.3, 0.4) is 0 Å². The number of carbonyl (C=O) groups excluding carboxylic acids is 1. The number of aromatic nitrogens is 2. The van der Waals surface area contributed by atoms with Crippen LogP contribution in [0.2, 0.25) is 0 Å². The molecule has 1 aliphatic rings. The Morgan fingerprint density at radius 1 is 1.23 bits per heavy atom. The fourth-order valence-electron chi connectivity index (χ4n) is 3.37. The van der Waals surface area contributed by atoms with Gasteiger partial charge in [0.1, 0.15) is 6.54 Å². The monoisotopic (exact) mass is 540 g/mol. The van der Waals surface area contributed by atoms with Gasteiger partial charge in [0, 0.05) is 46.0 Å². The Labute approximate surface area is 201 Å². The molecular weight excluding hydrogens is 507 g/mol. The molecule has 1 saturated heterocycles. The SMILES string of the molecule is CCNC(=NCCCCOCc1ccccc1)N1CCN(c2cnn(C)c2)C(=O)C1.I. The molecule has 1 aromatic carbocycles. The van der Waals surface area contributed by atoms with E-state index in [-0.39, 0.29) is 29.9 Å². The second-order valence-corrected chi connectivity index (χ2v) is 7.32. The Kier molecular flexibility index (Phi) is 10.8. The number of carbonyl (C=O) groups is 1. The molecule has 0 bridgehead atoms. The molecule has 1 aromatic heterocycles. The number of piperazine rings is 1. The lowest BCUT2D eigenvalue weighted by Crippen LogP contribution is -2.55. The van der Waals surface area contributed by atoms with E-state index in [1.807, 2.05) is 43.3 Å². The zero-order valence-corrected chi connectivity index (χ0v) is 20.7. The number of halogens is 1. The number of aliphatic imine (C=N–C) groups is 1. The van der Waals surface area contributed by atoms with E-state index in [4.69, 9.17) is 9.73 Å². The third kappa shape index (κ3) is 7.80. The lowest BCUT2D eigenvalue weighted by atomic mass is 10.2. The first-order chi connectivity index (χ1) is 14.7. The standard InChI is InChI=1S/C22H32N6O2.HI/c1-3-23-22(24-11-7-8-14-30-18-19-9-5-4-6-10-19)27-12-13-28(21(29)17-27)20-15-25-26(2)16-20;/h4-6,9-10,15-16H,3,7-8,11-14,17-18H2,1-2H3,(H,23,24);1H. The molecule has 0 unspecified atom stereocenters. The number of guanidine groups is 1. The molecule has 0 atom stereocenters. The lowest BCUT2D eigenvalue weighted by molar-refractivity contribution is -0.120. The summed E-state index contributed by atoms with van der Waals surface area (Å²) >= 11 is 0. The summed E-state index contributed by atoms with van der Waals surface area (Å²) in [6.07, 6.45) is 5.51. The molecule has 1 amide bonds. The highest BCUT2D eigenvalue weighted by Gasteiger charge is 2.27. The van der Waals surface area contributed by atoms with Gasteiger partial charge in [-0.3, -0.25) is 14.5 Å². The van der Waals surface area contributed by atoms with Crippen LogP contribution in [0, 0.1) is 0 Å². The third-order valence-electron chi connectivity index (χ3n) is 4.93. The van der Waals surface area contributed by atoms with Gasteiger partial charge < -0.3 is 19.9 Å². The van der Waals surface area contributed by atoms with Crippen molar-refractivity contribution >= 4 is 41.5 Å². The number of hydrogen-bond donors (Lipinski definition) is 1. The molecule has 0 spiro atoms. The third-order valence-corrected chi connectivity index (χ3v) is 4.93. The first-order valence-electron chi connectivity index (χ1n) is 10.6. The molecule has 31 heavy (non-hydrogen) atoms. The van der Waals surface area contributed by atoms with Crippen molar-refractivity contribution in [2.45, 2.75) is 26.4 Å². The van der Waals surface area contributed by atoms with Gasteiger partial charge >= 0.3 is 0 Å². The van der Waals surface area contributed by atoms with Crippen LogP contribution in [0.25, 0.3) is 0 Å². The van der Waals surface area contributed by atoms with Crippen molar-refractivity contribution < 1.29 is 9.53 Å². The van der Waals surface area contributed by atoms with Crippen LogP contribution in [0.5, 0.6) is 0 Å². The van der Waals surface area contributed by atoms with Crippen LogP contribution in [0.1, 0.15) is 25.3 Å². The summed E-state index contributed by atoms with van der Waals surface area (Å²) in [5, 5.41) is 7.47. The summed E-state index contributed by atoms with van der Waals surface area (Å²) in [6.45, 7) is 6.60. The number of hydrogen-bond acceptors (Lipinski definition) is 4. The van der Waals surface area contributed by atoms with E-state index in [1.54, 1.807) is 15.8 Å². The van der Waals surface area contributed by atoms with E-state index in [0.717, 1.165) is 44.2 Å². The molecule has 0 radical (unpaired) electrons. The Hall–Kier alpha value is -2.14. The average molecular weight is 540 g/mol. The van der Waals surface area contributed by atoms with Gasteiger partial charge in [-0.15, -0.1) is 24.0 Å². The molecule has 0 saturated carbocycles. The summed E-state index contributed by atoms with van der Waals surface area (Å²) in [6, 6.07) is 10.2. The predicted molar refractivity (Wildman–Crippen MR) is 134 cm³/mol. The number of benzene rings is 1. The van der Waals surface area contributed by atoms with Crippen LogP contribution < -0.4 is 10.2 Å². The Morgan fingerprint density at radius 2 is 2.03 bits per heavy atom. The molecule has 2 aromatic rings. The quantitative estimate of drug-likeness (QED) is 0.229. The molecule has 0 aliphatic carbocycles. The molecule has 3 rings (SSSR count). The minimum absolute atomic E-state index is 0. The fraction of sp³-hybridized carbons (Fsp3) is 0.500. The van der Waals surface area contributed by atoms with Gasteiger partial charge in [-0.1, -0.05) is 30.3 Å². The molecule has 1 N–H and O–H groups in total. The summed E-state index contributed by atoms with van der Waals surface area (Å²) in [4.78, 5) is 21.2. The van der Waals surface area contributed by atoms with Crippen molar-refractivity contribution in [1.29, 1.82) is 0 Å². The summed E-state index contributed by atoms with van der Waals surface area (Å²) in [5.41, 5.74) is 2.04. The molecule has 2 heterocycles. The summed E-state index contributed by atoms with van der Waals surface area (Å²) in [7, 11) is 1.85. The highest BCUT2D eigenvalue weighted by Crippen LogP contribution is 2.16. The molecule has 1 fully saturated rings. The van der Waals surface area contributed by atoms with Crippen LogP contribution >= 0.6 is 24.0 Å². The lowest BCUT2D eigenvalue weighted by Gasteiger charge is -2.35. The van der Waals surface area contributed by atoms with Crippen LogP contribution in [-0.2, 0) is 23.2 Å². The van der Waals surface area contributed by atoms with E-state index in [9.17, 15) is 4.79 Å². The minimum Gasteiger partial charge on any atom is -0.377 e.